The number of hydrogen-bond donors (Lipinski definition) is 2. The molecule has 0 saturated heterocycles. The highest BCUT2D eigenvalue weighted by Gasteiger charge is 2.21. The van der Waals surface area contributed by atoms with Crippen molar-refractivity contribution in [2.45, 2.75) is 25.3 Å². The molecule has 1 atom stereocenters. The van der Waals surface area contributed by atoms with Crippen molar-refractivity contribution in [2.75, 3.05) is 25.2 Å². The van der Waals surface area contributed by atoms with Crippen molar-refractivity contribution in [1.29, 1.82) is 0 Å². The first-order valence-corrected chi connectivity index (χ1v) is 11.9. The SMILES string of the molecule is CSCCC(NC(=O)c1ccccc1Br)C(=O)NCCCCOc1ccc(F)cc1. The fraction of sp³-hybridized carbons (Fsp3) is 0.364. The second-order valence-corrected chi connectivity index (χ2v) is 8.43. The van der Waals surface area contributed by atoms with Crippen LogP contribution in [0.4, 0.5) is 4.39 Å². The molecule has 0 heterocycles. The Morgan fingerprint density at radius 3 is 2.57 bits per heavy atom. The van der Waals surface area contributed by atoms with Gasteiger partial charge in [-0.25, -0.2) is 4.39 Å². The molecule has 0 saturated carbocycles. The van der Waals surface area contributed by atoms with Gasteiger partial charge in [-0.15, -0.1) is 0 Å². The van der Waals surface area contributed by atoms with E-state index in [0.717, 1.165) is 18.6 Å². The second kappa shape index (κ2) is 13.3. The first kappa shape index (κ1) is 24.2. The summed E-state index contributed by atoms with van der Waals surface area (Å²) in [6, 6.07) is 12.4. The Morgan fingerprint density at radius 2 is 1.87 bits per heavy atom. The molecule has 2 aromatic carbocycles. The number of rotatable bonds is 12. The Morgan fingerprint density at radius 1 is 1.13 bits per heavy atom. The maximum atomic E-state index is 12.9. The van der Waals surface area contributed by atoms with Crippen molar-refractivity contribution in [1.82, 2.24) is 10.6 Å². The van der Waals surface area contributed by atoms with Gasteiger partial charge in [-0.2, -0.15) is 11.8 Å². The third-order valence-corrected chi connectivity index (χ3v) is 5.64. The Balaban J connectivity index is 1.75. The number of carbonyl (C=O) groups excluding carboxylic acids is 2. The minimum Gasteiger partial charge on any atom is -0.494 e. The van der Waals surface area contributed by atoms with Crippen molar-refractivity contribution in [3.63, 3.8) is 0 Å². The minimum atomic E-state index is -0.590. The van der Waals surface area contributed by atoms with E-state index in [2.05, 4.69) is 26.6 Å². The summed E-state index contributed by atoms with van der Waals surface area (Å²) in [6.45, 7) is 0.975. The quantitative estimate of drug-likeness (QED) is 0.427. The van der Waals surface area contributed by atoms with Crippen LogP contribution in [0.5, 0.6) is 5.75 Å². The number of benzene rings is 2. The van der Waals surface area contributed by atoms with Gasteiger partial charge in [-0.05, 0) is 83.6 Å². The smallest absolute Gasteiger partial charge is 0.253 e. The van der Waals surface area contributed by atoms with Crippen LogP contribution in [0, 0.1) is 5.82 Å². The topological polar surface area (TPSA) is 67.4 Å². The molecule has 0 bridgehead atoms. The fourth-order valence-electron chi connectivity index (χ4n) is 2.67. The zero-order valence-corrected chi connectivity index (χ0v) is 19.2. The van der Waals surface area contributed by atoms with Crippen molar-refractivity contribution in [3.05, 3.63) is 64.4 Å². The summed E-state index contributed by atoms with van der Waals surface area (Å²) >= 11 is 4.99. The molecule has 5 nitrogen and oxygen atoms in total. The maximum Gasteiger partial charge on any atom is 0.253 e. The molecule has 0 fully saturated rings. The van der Waals surface area contributed by atoms with Crippen molar-refractivity contribution >= 4 is 39.5 Å². The predicted octanol–water partition coefficient (Wildman–Crippen LogP) is 4.42. The zero-order chi connectivity index (χ0) is 21.8. The Kier molecular flexibility index (Phi) is 10.7. The number of carbonyl (C=O) groups is 2. The molecular weight excluding hydrogens is 471 g/mol. The summed E-state index contributed by atoms with van der Waals surface area (Å²) < 4.78 is 19.1. The monoisotopic (exact) mass is 496 g/mol. The van der Waals surface area contributed by atoms with Crippen LogP contribution < -0.4 is 15.4 Å². The molecule has 8 heteroatoms. The van der Waals surface area contributed by atoms with Crippen LogP contribution in [0.25, 0.3) is 0 Å². The number of ether oxygens (including phenoxy) is 1. The van der Waals surface area contributed by atoms with E-state index in [1.165, 1.54) is 12.1 Å². The fourth-order valence-corrected chi connectivity index (χ4v) is 3.60. The number of hydrogen-bond acceptors (Lipinski definition) is 4. The van der Waals surface area contributed by atoms with Crippen LogP contribution in [0.1, 0.15) is 29.6 Å². The van der Waals surface area contributed by atoms with Gasteiger partial charge in [0.05, 0.1) is 12.2 Å². The largest absolute Gasteiger partial charge is 0.494 e. The van der Waals surface area contributed by atoms with Gasteiger partial charge in [0.1, 0.15) is 17.6 Å². The average Bonchev–Trinajstić information content (AvgIpc) is 2.74. The predicted molar refractivity (Wildman–Crippen MR) is 123 cm³/mol. The third-order valence-electron chi connectivity index (χ3n) is 4.30. The van der Waals surface area contributed by atoms with Gasteiger partial charge >= 0.3 is 0 Å². The first-order chi connectivity index (χ1) is 14.5. The normalized spacial score (nSPS) is 11.6. The number of nitrogens with one attached hydrogen (secondary N) is 2. The molecule has 0 radical (unpaired) electrons. The molecule has 0 aliphatic rings. The van der Waals surface area contributed by atoms with E-state index >= 15 is 0 Å². The van der Waals surface area contributed by atoms with E-state index in [1.807, 2.05) is 12.3 Å². The highest BCUT2D eigenvalue weighted by atomic mass is 79.9. The van der Waals surface area contributed by atoms with Crippen LogP contribution in [-0.2, 0) is 4.79 Å². The summed E-state index contributed by atoms with van der Waals surface area (Å²) in [7, 11) is 0. The Bertz CT molecular complexity index is 820. The molecule has 0 spiro atoms. The van der Waals surface area contributed by atoms with Crippen LogP contribution in [-0.4, -0.2) is 43.0 Å². The van der Waals surface area contributed by atoms with Gasteiger partial charge in [0.2, 0.25) is 5.91 Å². The van der Waals surface area contributed by atoms with Gasteiger partial charge < -0.3 is 15.4 Å². The summed E-state index contributed by atoms with van der Waals surface area (Å²) in [6.07, 6.45) is 4.00. The van der Waals surface area contributed by atoms with Gasteiger partial charge in [0, 0.05) is 11.0 Å². The number of unbranched alkanes of at least 4 members (excludes halogenated alkanes) is 1. The van der Waals surface area contributed by atoms with Crippen molar-refractivity contribution in [3.8, 4) is 5.75 Å². The van der Waals surface area contributed by atoms with E-state index in [-0.39, 0.29) is 17.6 Å². The molecule has 1 unspecified atom stereocenters. The lowest BCUT2D eigenvalue weighted by molar-refractivity contribution is -0.123. The molecule has 0 aliphatic carbocycles. The second-order valence-electron chi connectivity index (χ2n) is 6.59. The molecule has 30 heavy (non-hydrogen) atoms. The number of halogens is 2. The summed E-state index contributed by atoms with van der Waals surface area (Å²) in [5.74, 6) is 0.611. The van der Waals surface area contributed by atoms with E-state index < -0.39 is 6.04 Å². The lowest BCUT2D eigenvalue weighted by Crippen LogP contribution is -2.47. The lowest BCUT2D eigenvalue weighted by Gasteiger charge is -2.18. The average molecular weight is 497 g/mol. The van der Waals surface area contributed by atoms with Gasteiger partial charge in [0.25, 0.3) is 5.91 Å². The summed E-state index contributed by atoms with van der Waals surface area (Å²) in [5.41, 5.74) is 0.498. The Hall–Kier alpha value is -2.06. The van der Waals surface area contributed by atoms with Crippen LogP contribution in [0.2, 0.25) is 0 Å². The Labute approximate surface area is 189 Å². The number of amides is 2. The molecular formula is C22H26BrFN2O3S. The summed E-state index contributed by atoms with van der Waals surface area (Å²) in [4.78, 5) is 25.1. The van der Waals surface area contributed by atoms with Crippen molar-refractivity contribution < 1.29 is 18.7 Å². The van der Waals surface area contributed by atoms with E-state index in [0.29, 0.717) is 35.4 Å². The minimum absolute atomic E-state index is 0.191. The molecule has 0 aromatic heterocycles. The van der Waals surface area contributed by atoms with Crippen molar-refractivity contribution in [2.24, 2.45) is 0 Å². The van der Waals surface area contributed by atoms with Crippen LogP contribution >= 0.6 is 27.7 Å². The van der Waals surface area contributed by atoms with Crippen LogP contribution in [0.15, 0.2) is 53.0 Å². The molecule has 2 amide bonds. The molecule has 2 aromatic rings. The lowest BCUT2D eigenvalue weighted by atomic mass is 10.1. The van der Waals surface area contributed by atoms with Gasteiger partial charge in [-0.1, -0.05) is 12.1 Å². The maximum absolute atomic E-state index is 12.9. The molecule has 0 aliphatic heterocycles. The highest BCUT2D eigenvalue weighted by molar-refractivity contribution is 9.10. The molecule has 2 N–H and O–H groups in total. The number of thioether (sulfide) groups is 1. The van der Waals surface area contributed by atoms with Crippen LogP contribution in [0.3, 0.4) is 0 Å². The van der Waals surface area contributed by atoms with Gasteiger partial charge in [-0.3, -0.25) is 9.59 Å². The first-order valence-electron chi connectivity index (χ1n) is 9.71. The zero-order valence-electron chi connectivity index (χ0n) is 16.8. The molecule has 2 rings (SSSR count). The van der Waals surface area contributed by atoms with E-state index in [9.17, 15) is 14.0 Å². The van der Waals surface area contributed by atoms with E-state index in [4.69, 9.17) is 4.74 Å². The summed E-state index contributed by atoms with van der Waals surface area (Å²) in [5, 5.41) is 5.73. The molecule has 162 valence electrons. The third kappa shape index (κ3) is 8.36. The highest BCUT2D eigenvalue weighted by Crippen LogP contribution is 2.16. The standard InChI is InChI=1S/C22H26BrFN2O3S/c1-30-15-12-20(26-21(27)18-6-2-3-7-19(18)23)22(28)25-13-4-5-14-29-17-10-8-16(24)9-11-17/h2-3,6-11,20H,4-5,12-15H2,1H3,(H,25,28)(H,26,27). The van der Waals surface area contributed by atoms with Gasteiger partial charge in [0.15, 0.2) is 0 Å². The van der Waals surface area contributed by atoms with E-state index in [1.54, 1.807) is 42.1 Å².